The first kappa shape index (κ1) is 38.7. The Kier molecular flexibility index (Phi) is 10.5. The maximum atomic E-state index is 15.8. The lowest BCUT2D eigenvalue weighted by Crippen LogP contribution is -2.60. The monoisotopic (exact) mass is 780 g/mol. The zero-order chi connectivity index (χ0) is 40.4. The Balaban J connectivity index is 1.73. The lowest BCUT2D eigenvalue weighted by atomic mass is 9.56. The molecule has 5 aromatic carbocycles. The molecule has 57 heavy (non-hydrogen) atoms. The third kappa shape index (κ3) is 5.72. The quantitative estimate of drug-likeness (QED) is 0.0998. The Bertz CT molecular complexity index is 2400. The number of halogens is 1. The van der Waals surface area contributed by atoms with Gasteiger partial charge in [0.15, 0.2) is 5.41 Å². The topological polar surface area (TPSA) is 123 Å². The Labute approximate surface area is 329 Å². The van der Waals surface area contributed by atoms with E-state index in [4.69, 9.17) is 14.2 Å². The highest BCUT2D eigenvalue weighted by molar-refractivity contribution is 7.96. The van der Waals surface area contributed by atoms with Crippen molar-refractivity contribution in [1.29, 1.82) is 5.26 Å². The summed E-state index contributed by atoms with van der Waals surface area (Å²) in [5.74, 6) is -6.49. The minimum atomic E-state index is -3.58. The van der Waals surface area contributed by atoms with E-state index >= 15 is 18.8 Å². The van der Waals surface area contributed by atoms with Crippen LogP contribution in [0, 0.1) is 28.5 Å². The normalized spacial score (nSPS) is 19.6. The third-order valence-corrected chi connectivity index (χ3v) is 15.2. The number of carbonyl (C=O) groups is 4. The highest BCUT2D eigenvalue weighted by Gasteiger charge is 2.78. The van der Waals surface area contributed by atoms with Crippen molar-refractivity contribution in [3.05, 3.63) is 168 Å². The molecule has 0 fully saturated rings. The van der Waals surface area contributed by atoms with Crippen molar-refractivity contribution in [3.8, 4) is 6.07 Å². The van der Waals surface area contributed by atoms with Gasteiger partial charge in [-0.3, -0.25) is 9.59 Å². The van der Waals surface area contributed by atoms with Gasteiger partial charge in [-0.15, -0.1) is 0 Å². The molecule has 286 valence electrons. The molecule has 0 unspecified atom stereocenters. The zero-order valence-corrected chi connectivity index (χ0v) is 32.3. The predicted molar refractivity (Wildman–Crippen MR) is 216 cm³/mol. The van der Waals surface area contributed by atoms with Gasteiger partial charge in [0, 0.05) is 5.69 Å². The van der Waals surface area contributed by atoms with E-state index in [1.807, 2.05) is 97.1 Å². The summed E-state index contributed by atoms with van der Waals surface area (Å²) in [4.78, 5) is 61.8. The summed E-state index contributed by atoms with van der Waals surface area (Å²) in [7, 11) is 2.31. The summed E-state index contributed by atoms with van der Waals surface area (Å²) >= 11 is 0. The summed E-state index contributed by atoms with van der Waals surface area (Å²) in [6, 6.07) is 42.3. The molecular formula is C46H38FN2O7P. The number of carbonyl (C=O) groups excluding carboxylic acids is 4. The van der Waals surface area contributed by atoms with Crippen molar-refractivity contribution in [1.82, 2.24) is 0 Å². The van der Waals surface area contributed by atoms with Gasteiger partial charge < -0.3 is 19.1 Å². The van der Waals surface area contributed by atoms with Gasteiger partial charge in [0.2, 0.25) is 5.91 Å². The number of amides is 1. The fourth-order valence-electron chi connectivity index (χ4n) is 8.59. The van der Waals surface area contributed by atoms with Crippen LogP contribution in [-0.2, 0) is 45.3 Å². The molecule has 11 heteroatoms. The smallest absolute Gasteiger partial charge is 0.339 e. The summed E-state index contributed by atoms with van der Waals surface area (Å²) in [6.07, 6.45) is 1.31. The number of benzene rings is 5. The second kappa shape index (κ2) is 15.5. The number of nitrogens with zero attached hydrogens (tertiary/aromatic N) is 2. The molecule has 0 radical (unpaired) electrons. The van der Waals surface area contributed by atoms with Crippen molar-refractivity contribution in [2.45, 2.75) is 18.9 Å². The summed E-state index contributed by atoms with van der Waals surface area (Å²) in [5.41, 5.74) is -4.83. The Morgan fingerprint density at radius 3 is 1.79 bits per heavy atom. The molecule has 0 bridgehead atoms. The van der Waals surface area contributed by atoms with Gasteiger partial charge in [-0.1, -0.05) is 127 Å². The van der Waals surface area contributed by atoms with Crippen LogP contribution in [-0.4, -0.2) is 49.9 Å². The van der Waals surface area contributed by atoms with Crippen LogP contribution in [0.5, 0.6) is 0 Å². The molecule has 0 aromatic heterocycles. The van der Waals surface area contributed by atoms with Crippen molar-refractivity contribution in [2.75, 3.05) is 25.7 Å². The second-order valence-electron chi connectivity index (χ2n) is 13.5. The van der Waals surface area contributed by atoms with E-state index in [1.54, 1.807) is 24.3 Å². The number of methoxy groups -OCH3 is 2. The highest BCUT2D eigenvalue weighted by Crippen LogP contribution is 2.66. The van der Waals surface area contributed by atoms with Crippen molar-refractivity contribution in [3.63, 3.8) is 0 Å². The number of rotatable bonds is 10. The first-order valence-corrected chi connectivity index (χ1v) is 20.0. The Morgan fingerprint density at radius 1 is 0.789 bits per heavy atom. The molecule has 1 aliphatic carbocycles. The molecule has 1 amide bonds. The number of anilines is 1. The molecular weight excluding hydrogens is 742 g/mol. The van der Waals surface area contributed by atoms with Crippen LogP contribution < -0.4 is 20.8 Å². The van der Waals surface area contributed by atoms with Gasteiger partial charge in [-0.25, -0.2) is 14.0 Å². The van der Waals surface area contributed by atoms with Crippen LogP contribution in [0.2, 0.25) is 0 Å². The lowest BCUT2D eigenvalue weighted by molar-refractivity contribution is -0.160. The van der Waals surface area contributed by atoms with E-state index in [2.05, 4.69) is 6.07 Å². The first-order chi connectivity index (χ1) is 27.7. The number of hydrogen-bond donors (Lipinski definition) is 0. The number of hydrogen-bond acceptors (Lipinski definition) is 8. The molecule has 1 heterocycles. The predicted octanol–water partition coefficient (Wildman–Crippen LogP) is 5.75. The molecule has 0 saturated heterocycles. The summed E-state index contributed by atoms with van der Waals surface area (Å²) in [6.45, 7) is -2.34. The first-order valence-electron chi connectivity index (χ1n) is 18.2. The van der Waals surface area contributed by atoms with Gasteiger partial charge in [-0.2, -0.15) is 5.26 Å². The second-order valence-corrected chi connectivity index (χ2v) is 16.9. The number of ether oxygens (including phenoxy) is 3. The maximum Gasteiger partial charge on any atom is 0.339 e. The minimum absolute atomic E-state index is 0.0594. The molecule has 5 aromatic rings. The molecule has 0 saturated carbocycles. The van der Waals surface area contributed by atoms with Crippen LogP contribution in [0.25, 0.3) is 0 Å². The maximum absolute atomic E-state index is 15.8. The zero-order valence-electron chi connectivity index (χ0n) is 31.4. The Hall–Kier alpha value is -6.56. The number of fused-ring (bicyclic) bond motifs is 2. The standard InChI is InChI=1S/C46H38FN2O7P/c1-4-56-44(53)45(30-48)37(40(42(51)55-3)57(33-19-11-6-12-20-33,34-21-13-7-14-22-34)35-23-15-8-16-24-35)28-38(41(50)54-2)46(45)36-27-32(47)25-26-39(36)49(43(46)52)29-31-17-9-5-10-18-31/h5-28,38H,4,29H2,1-3H3/t38-,45-,46-/m0/s1. The van der Waals surface area contributed by atoms with E-state index in [0.717, 1.165) is 13.2 Å². The third-order valence-electron chi connectivity index (χ3n) is 10.8. The Morgan fingerprint density at radius 2 is 1.32 bits per heavy atom. The van der Waals surface area contributed by atoms with Gasteiger partial charge in [-0.05, 0) is 64.6 Å². The average molecular weight is 781 g/mol. The van der Waals surface area contributed by atoms with Crippen molar-refractivity contribution in [2.24, 2.45) is 11.3 Å². The fourth-order valence-corrected chi connectivity index (χ4v) is 13.1. The molecule has 1 spiro atoms. The minimum Gasteiger partial charge on any atom is -0.469 e. The summed E-state index contributed by atoms with van der Waals surface area (Å²) in [5, 5.41) is 13.7. The lowest BCUT2D eigenvalue weighted by Gasteiger charge is -2.41. The molecule has 3 atom stereocenters. The van der Waals surface area contributed by atoms with Crippen LogP contribution in [0.1, 0.15) is 18.1 Å². The van der Waals surface area contributed by atoms with Crippen molar-refractivity contribution < 1.29 is 37.8 Å². The summed E-state index contributed by atoms with van der Waals surface area (Å²) < 4.78 is 32.5. The number of esters is 3. The number of nitriles is 1. The molecule has 1 aliphatic heterocycles. The SMILES string of the molecule is CCOC(=O)[C@]1(C#N)C(C(C(=O)OC)=P(c2ccccc2)(c2ccccc2)c2ccccc2)=C[C@@H](C(=O)OC)[C@@]12C(=O)N(Cc1ccccc1)c1ccc(F)cc12. The van der Waals surface area contributed by atoms with Gasteiger partial charge >= 0.3 is 17.9 Å². The molecule has 0 N–H and O–H groups in total. The fraction of sp³-hybridized carbons (Fsp3) is 0.174. The van der Waals surface area contributed by atoms with Crippen molar-refractivity contribution >= 4 is 57.6 Å². The van der Waals surface area contributed by atoms with E-state index in [9.17, 15) is 10.1 Å². The van der Waals surface area contributed by atoms with E-state index in [-0.39, 0.29) is 35.3 Å². The van der Waals surface area contributed by atoms with Crippen LogP contribution in [0.3, 0.4) is 0 Å². The highest BCUT2D eigenvalue weighted by atomic mass is 31.2. The van der Waals surface area contributed by atoms with Gasteiger partial charge in [0.1, 0.15) is 11.2 Å². The van der Waals surface area contributed by atoms with Crippen LogP contribution in [0.4, 0.5) is 10.1 Å². The van der Waals surface area contributed by atoms with E-state index < -0.39 is 53.3 Å². The molecule has 2 aliphatic rings. The van der Waals surface area contributed by atoms with Gasteiger partial charge in [0.05, 0.1) is 44.7 Å². The van der Waals surface area contributed by atoms with E-state index in [1.165, 1.54) is 37.1 Å². The van der Waals surface area contributed by atoms with Crippen LogP contribution >= 0.6 is 6.89 Å². The van der Waals surface area contributed by atoms with E-state index in [0.29, 0.717) is 21.5 Å². The molecule has 7 rings (SSSR count). The molecule has 9 nitrogen and oxygen atoms in total. The van der Waals surface area contributed by atoms with Gasteiger partial charge in [0.25, 0.3) is 0 Å². The van der Waals surface area contributed by atoms with Crippen LogP contribution in [0.15, 0.2) is 151 Å². The largest absolute Gasteiger partial charge is 0.469 e. The average Bonchev–Trinajstić information content (AvgIpc) is 3.69.